The van der Waals surface area contributed by atoms with Gasteiger partial charge >= 0.3 is 5.97 Å². The SMILES string of the molecule is CCCCCCCCC(C(=O)O)N1CC(C)(C)c2cc(NS(=O)(=O)c3ccc(-n4c(=S)[nH][nH]c4=S)cc3)ccc21. The molecule has 40 heavy (non-hydrogen) atoms. The number of hydrogen-bond acceptors (Lipinski definition) is 6. The third-order valence-corrected chi connectivity index (χ3v) is 9.40. The third kappa shape index (κ3) is 6.50. The van der Waals surface area contributed by atoms with Crippen LogP contribution in [0.25, 0.3) is 5.69 Å². The van der Waals surface area contributed by atoms with Crippen LogP contribution in [-0.2, 0) is 20.2 Å². The second-order valence-corrected chi connectivity index (χ2v) is 13.4. The molecule has 0 saturated carbocycles. The first-order valence-corrected chi connectivity index (χ1v) is 15.9. The van der Waals surface area contributed by atoms with E-state index in [1.165, 1.54) is 31.4 Å². The maximum Gasteiger partial charge on any atom is 0.326 e. The number of sulfonamides is 1. The van der Waals surface area contributed by atoms with Crippen LogP contribution in [0.2, 0.25) is 0 Å². The van der Waals surface area contributed by atoms with Gasteiger partial charge in [0.2, 0.25) is 0 Å². The number of aromatic amines is 2. The molecule has 9 nitrogen and oxygen atoms in total. The molecule has 0 bridgehead atoms. The van der Waals surface area contributed by atoms with Crippen molar-refractivity contribution >= 4 is 51.8 Å². The maximum absolute atomic E-state index is 13.2. The van der Waals surface area contributed by atoms with Gasteiger partial charge in [-0.05, 0) is 78.9 Å². The van der Waals surface area contributed by atoms with E-state index in [0.29, 0.717) is 33.9 Å². The molecule has 2 heterocycles. The minimum atomic E-state index is -3.87. The molecule has 0 spiro atoms. The first-order chi connectivity index (χ1) is 18.9. The molecule has 12 heteroatoms. The van der Waals surface area contributed by atoms with Crippen molar-refractivity contribution in [3.05, 3.63) is 57.6 Å². The Hall–Kier alpha value is -2.96. The van der Waals surface area contributed by atoms with Crippen molar-refractivity contribution in [1.82, 2.24) is 14.8 Å². The zero-order valence-corrected chi connectivity index (χ0v) is 25.5. The van der Waals surface area contributed by atoms with Crippen molar-refractivity contribution in [3.8, 4) is 5.69 Å². The number of carboxylic acid groups (broad SMARTS) is 1. The zero-order valence-electron chi connectivity index (χ0n) is 23.1. The molecule has 2 aromatic carbocycles. The number of fused-ring (bicyclic) bond motifs is 1. The van der Waals surface area contributed by atoms with E-state index >= 15 is 0 Å². The van der Waals surface area contributed by atoms with Gasteiger partial charge in [-0.2, -0.15) is 0 Å². The van der Waals surface area contributed by atoms with Crippen LogP contribution < -0.4 is 9.62 Å². The first kappa shape index (κ1) is 30.0. The van der Waals surface area contributed by atoms with Crippen molar-refractivity contribution in [3.63, 3.8) is 0 Å². The van der Waals surface area contributed by atoms with Crippen LogP contribution in [0.3, 0.4) is 0 Å². The van der Waals surface area contributed by atoms with Gasteiger partial charge in [-0.15, -0.1) is 0 Å². The molecule has 0 fully saturated rings. The minimum absolute atomic E-state index is 0.0967. The number of carboxylic acids is 1. The number of benzene rings is 2. The molecule has 1 aliphatic heterocycles. The molecular formula is C28H37N5O4S3. The average molecular weight is 604 g/mol. The largest absolute Gasteiger partial charge is 0.480 e. The Morgan fingerprint density at radius 2 is 1.65 bits per heavy atom. The van der Waals surface area contributed by atoms with E-state index < -0.39 is 22.0 Å². The van der Waals surface area contributed by atoms with Gasteiger partial charge in [0, 0.05) is 23.3 Å². The smallest absolute Gasteiger partial charge is 0.326 e. The Kier molecular flexibility index (Phi) is 9.21. The Labute approximate surface area is 245 Å². The molecule has 4 N–H and O–H groups in total. The number of carbonyl (C=O) groups is 1. The molecule has 4 rings (SSSR count). The predicted molar refractivity (Wildman–Crippen MR) is 163 cm³/mol. The van der Waals surface area contributed by atoms with Crippen LogP contribution in [0.15, 0.2) is 47.4 Å². The van der Waals surface area contributed by atoms with E-state index in [-0.39, 0.29) is 10.3 Å². The summed E-state index contributed by atoms with van der Waals surface area (Å²) in [4.78, 5) is 14.3. The lowest BCUT2D eigenvalue weighted by Gasteiger charge is -2.29. The van der Waals surface area contributed by atoms with Gasteiger partial charge in [-0.1, -0.05) is 59.3 Å². The summed E-state index contributed by atoms with van der Waals surface area (Å²) < 4.78 is 31.5. The third-order valence-electron chi connectivity index (χ3n) is 7.43. The summed E-state index contributed by atoms with van der Waals surface area (Å²) in [5.74, 6) is -0.826. The van der Waals surface area contributed by atoms with Crippen LogP contribution >= 0.6 is 24.4 Å². The van der Waals surface area contributed by atoms with E-state index in [2.05, 4.69) is 35.7 Å². The average Bonchev–Trinajstić information content (AvgIpc) is 3.37. The first-order valence-electron chi connectivity index (χ1n) is 13.6. The quantitative estimate of drug-likeness (QED) is 0.127. The van der Waals surface area contributed by atoms with Gasteiger partial charge in [-0.3, -0.25) is 19.5 Å². The van der Waals surface area contributed by atoms with Crippen LogP contribution in [0, 0.1) is 9.54 Å². The molecule has 1 aliphatic rings. The summed E-state index contributed by atoms with van der Waals surface area (Å²) >= 11 is 10.5. The number of unbranched alkanes of at least 4 members (excludes halogenated alkanes) is 5. The fourth-order valence-corrected chi connectivity index (χ4v) is 6.93. The molecular weight excluding hydrogens is 567 g/mol. The molecule has 216 valence electrons. The molecule has 0 amide bonds. The molecule has 1 atom stereocenters. The van der Waals surface area contributed by atoms with Crippen LogP contribution in [0.1, 0.15) is 71.3 Å². The van der Waals surface area contributed by atoms with Crippen LogP contribution in [-0.4, -0.2) is 46.8 Å². The van der Waals surface area contributed by atoms with Gasteiger partial charge in [0.05, 0.1) is 10.6 Å². The Morgan fingerprint density at radius 1 is 1.02 bits per heavy atom. The molecule has 1 unspecified atom stereocenters. The number of hydrogen-bond donors (Lipinski definition) is 4. The molecule has 0 saturated heterocycles. The summed E-state index contributed by atoms with van der Waals surface area (Å²) in [5, 5.41) is 15.6. The van der Waals surface area contributed by atoms with Crippen LogP contribution in [0.5, 0.6) is 0 Å². The standard InChI is InChI=1S/C28H37N5O4S3/c1-4-5-6-7-8-9-10-24(25(34)35)32-18-28(2,3)22-17-19(11-16-23(22)32)31-40(36,37)21-14-12-20(13-15-21)33-26(38)29-30-27(33)39/h11-17,24,31H,4-10,18H2,1-3H3,(H,29,38)(H,30,39)(H,34,35). The fourth-order valence-electron chi connectivity index (χ4n) is 5.33. The second kappa shape index (κ2) is 12.3. The number of nitrogens with one attached hydrogen (secondary N) is 3. The number of H-pyrrole nitrogens is 2. The zero-order chi connectivity index (χ0) is 29.1. The highest BCUT2D eigenvalue weighted by Crippen LogP contribution is 2.43. The lowest BCUT2D eigenvalue weighted by Crippen LogP contribution is -2.42. The Morgan fingerprint density at radius 3 is 2.27 bits per heavy atom. The van der Waals surface area contributed by atoms with Gasteiger partial charge in [0.1, 0.15) is 6.04 Å². The van der Waals surface area contributed by atoms with Gasteiger partial charge in [-0.25, -0.2) is 13.2 Å². The molecule has 0 radical (unpaired) electrons. The van der Waals surface area contributed by atoms with Crippen molar-refractivity contribution in [2.24, 2.45) is 0 Å². The highest BCUT2D eigenvalue weighted by atomic mass is 32.2. The van der Waals surface area contributed by atoms with Crippen molar-refractivity contribution in [2.45, 2.75) is 82.1 Å². The van der Waals surface area contributed by atoms with E-state index in [9.17, 15) is 18.3 Å². The molecule has 1 aromatic heterocycles. The van der Waals surface area contributed by atoms with Crippen molar-refractivity contribution < 1.29 is 18.3 Å². The summed E-state index contributed by atoms with van der Waals surface area (Å²) in [6, 6.07) is 11.0. The van der Waals surface area contributed by atoms with Crippen molar-refractivity contribution in [1.29, 1.82) is 0 Å². The van der Waals surface area contributed by atoms with E-state index in [0.717, 1.165) is 30.5 Å². The van der Waals surface area contributed by atoms with Crippen LogP contribution in [0.4, 0.5) is 11.4 Å². The minimum Gasteiger partial charge on any atom is -0.480 e. The molecule has 3 aromatic rings. The van der Waals surface area contributed by atoms with E-state index in [4.69, 9.17) is 24.4 Å². The highest BCUT2D eigenvalue weighted by Gasteiger charge is 2.40. The number of nitrogens with zero attached hydrogens (tertiary/aromatic N) is 2. The lowest BCUT2D eigenvalue weighted by atomic mass is 9.87. The van der Waals surface area contributed by atoms with Gasteiger partial charge in [0.15, 0.2) is 9.54 Å². The monoisotopic (exact) mass is 603 g/mol. The number of anilines is 2. The van der Waals surface area contributed by atoms with Crippen molar-refractivity contribution in [2.75, 3.05) is 16.2 Å². The van der Waals surface area contributed by atoms with Gasteiger partial charge in [0.25, 0.3) is 10.0 Å². The molecule has 0 aliphatic carbocycles. The predicted octanol–water partition coefficient (Wildman–Crippen LogP) is 6.69. The normalized spacial score (nSPS) is 15.1. The number of aliphatic carboxylic acids is 1. The summed E-state index contributed by atoms with van der Waals surface area (Å²) in [7, 11) is -3.87. The Bertz CT molecular complexity index is 1540. The number of aromatic nitrogens is 3. The second-order valence-electron chi connectivity index (χ2n) is 10.9. The highest BCUT2D eigenvalue weighted by molar-refractivity contribution is 7.92. The topological polar surface area (TPSA) is 123 Å². The lowest BCUT2D eigenvalue weighted by molar-refractivity contribution is -0.138. The van der Waals surface area contributed by atoms with Gasteiger partial charge < -0.3 is 10.0 Å². The Balaban J connectivity index is 1.52. The van der Waals surface area contributed by atoms with E-state index in [1.807, 2.05) is 17.0 Å². The van der Waals surface area contributed by atoms with E-state index in [1.54, 1.807) is 22.8 Å². The summed E-state index contributed by atoms with van der Waals surface area (Å²) in [6.07, 6.45) is 7.19. The summed E-state index contributed by atoms with van der Waals surface area (Å²) in [6.45, 7) is 6.85. The fraction of sp³-hybridized carbons (Fsp3) is 0.464. The maximum atomic E-state index is 13.2. The summed E-state index contributed by atoms with van der Waals surface area (Å²) in [5.41, 5.74) is 2.49. The number of rotatable bonds is 13.